The summed E-state index contributed by atoms with van der Waals surface area (Å²) in [6, 6.07) is 1.79. The van der Waals surface area contributed by atoms with Crippen LogP contribution in [0.25, 0.3) is 0 Å². The largest absolute Gasteiger partial charge is 0.502 e. The number of ether oxygens (including phenoxy) is 6. The number of phenolic OH excluding ortho intramolecular Hbond substituents is 1. The van der Waals surface area contributed by atoms with Crippen LogP contribution < -0.4 is 9.47 Å². The molecule has 0 amide bonds. The van der Waals surface area contributed by atoms with Crippen LogP contribution in [0.15, 0.2) is 29.6 Å². The van der Waals surface area contributed by atoms with Crippen molar-refractivity contribution in [2.75, 3.05) is 41.7 Å². The van der Waals surface area contributed by atoms with Crippen LogP contribution >= 0.6 is 0 Å². The minimum absolute atomic E-state index is 0.101. The van der Waals surface area contributed by atoms with E-state index >= 15 is 0 Å². The maximum atomic E-state index is 11.3. The molecule has 1 aliphatic heterocycles. The fourth-order valence-corrected chi connectivity index (χ4v) is 5.94. The van der Waals surface area contributed by atoms with Gasteiger partial charge in [0.15, 0.2) is 17.8 Å². The first-order valence-electron chi connectivity index (χ1n) is 12.8. The summed E-state index contributed by atoms with van der Waals surface area (Å²) in [7, 11) is 6.21. The van der Waals surface area contributed by atoms with Crippen LogP contribution in [0, 0.1) is 11.8 Å². The number of fused-ring (bicyclic) bond motifs is 1. The van der Waals surface area contributed by atoms with Crippen LogP contribution in [0.5, 0.6) is 17.2 Å². The second kappa shape index (κ2) is 12.5. The average Bonchev–Trinajstić information content (AvgIpc) is 2.94. The zero-order valence-corrected chi connectivity index (χ0v) is 22.3. The van der Waals surface area contributed by atoms with Gasteiger partial charge in [-0.15, -0.1) is 0 Å². The van der Waals surface area contributed by atoms with Gasteiger partial charge in [-0.25, -0.2) is 0 Å². The first-order chi connectivity index (χ1) is 18.4. The molecule has 4 rings (SSSR count). The van der Waals surface area contributed by atoms with E-state index in [1.54, 1.807) is 20.3 Å². The number of rotatable bonds is 10. The third-order valence-electron chi connectivity index (χ3n) is 7.80. The van der Waals surface area contributed by atoms with Gasteiger partial charge in [-0.1, -0.05) is 5.57 Å². The van der Waals surface area contributed by atoms with E-state index in [4.69, 9.17) is 28.4 Å². The Hall–Kier alpha value is -2.63. The van der Waals surface area contributed by atoms with Crippen LogP contribution in [0.4, 0.5) is 0 Å². The Morgan fingerprint density at radius 3 is 2.53 bits per heavy atom. The molecule has 3 aliphatic rings. The molecule has 0 aromatic heterocycles. The summed E-state index contributed by atoms with van der Waals surface area (Å²) in [5.74, 6) is 0.339. The van der Waals surface area contributed by atoms with Crippen molar-refractivity contribution < 1.29 is 48.5 Å². The van der Waals surface area contributed by atoms with E-state index < -0.39 is 18.5 Å². The number of hydrogen-bond donors (Lipinski definition) is 3. The lowest BCUT2D eigenvalue weighted by molar-refractivity contribution is -0.216. The van der Waals surface area contributed by atoms with Gasteiger partial charge in [-0.05, 0) is 48.5 Å². The van der Waals surface area contributed by atoms with Gasteiger partial charge in [-0.2, -0.15) is 0 Å². The molecule has 0 bridgehead atoms. The van der Waals surface area contributed by atoms with Crippen molar-refractivity contribution in [3.63, 3.8) is 0 Å². The first kappa shape index (κ1) is 28.4. The Kier molecular flexibility index (Phi) is 9.32. The van der Waals surface area contributed by atoms with Gasteiger partial charge in [0.2, 0.25) is 5.75 Å². The summed E-state index contributed by atoms with van der Waals surface area (Å²) < 4.78 is 34.3. The van der Waals surface area contributed by atoms with E-state index in [0.29, 0.717) is 36.4 Å². The molecule has 0 saturated carbocycles. The maximum absolute atomic E-state index is 11.3. The van der Waals surface area contributed by atoms with Crippen molar-refractivity contribution >= 4 is 6.29 Å². The highest BCUT2D eigenvalue weighted by atomic mass is 16.7. The number of aromatic hydroxyl groups is 1. The quantitative estimate of drug-likeness (QED) is 0.384. The summed E-state index contributed by atoms with van der Waals surface area (Å²) in [5, 5.41) is 31.7. The van der Waals surface area contributed by atoms with Gasteiger partial charge >= 0.3 is 0 Å². The molecule has 10 nitrogen and oxygen atoms in total. The number of aliphatic hydroxyl groups is 2. The summed E-state index contributed by atoms with van der Waals surface area (Å²) in [4.78, 5) is 11.3. The van der Waals surface area contributed by atoms with Crippen molar-refractivity contribution in [1.29, 1.82) is 0 Å². The number of aliphatic hydroxyl groups excluding tert-OH is 2. The van der Waals surface area contributed by atoms with Crippen molar-refractivity contribution in [3.05, 3.63) is 40.7 Å². The molecule has 1 saturated heterocycles. The van der Waals surface area contributed by atoms with E-state index in [1.807, 2.05) is 12.2 Å². The molecule has 38 heavy (non-hydrogen) atoms. The number of carbonyl (C=O) groups excluding carboxylic acids is 1. The Bertz CT molecular complexity index is 1050. The molecule has 1 aromatic carbocycles. The standard InChI is InChI=1S/C28H38O10/c1-33-19-6-16(7-20(11-19)34-2)25-22(14-37-24-10-18(31)9-21(13-30)38-24)17(12-29)5-15-8-23(35-3)27(32)28(36-4)26(15)25/h6,8,11,13,17-18,20-22,24-25,29,31-32H,5,7,9-10,12,14H2,1-4H3/t17-,18-,20?,21-,22-,24+,25+/m0/s1. The molecule has 10 heteroatoms. The van der Waals surface area contributed by atoms with Crippen molar-refractivity contribution in [2.24, 2.45) is 11.8 Å². The maximum Gasteiger partial charge on any atom is 0.201 e. The lowest BCUT2D eigenvalue weighted by Gasteiger charge is -2.43. The molecule has 1 aromatic rings. The molecule has 1 fully saturated rings. The van der Waals surface area contributed by atoms with E-state index in [-0.39, 0.29) is 55.7 Å². The Morgan fingerprint density at radius 1 is 1.11 bits per heavy atom. The van der Waals surface area contributed by atoms with Crippen LogP contribution in [0.2, 0.25) is 0 Å². The molecule has 0 radical (unpaired) electrons. The Labute approximate surface area is 222 Å². The van der Waals surface area contributed by atoms with Gasteiger partial charge in [0.05, 0.1) is 40.1 Å². The van der Waals surface area contributed by atoms with Crippen LogP contribution in [0.3, 0.4) is 0 Å². The van der Waals surface area contributed by atoms with E-state index in [2.05, 4.69) is 0 Å². The summed E-state index contributed by atoms with van der Waals surface area (Å²) in [6.07, 6.45) is 3.65. The second-order valence-corrected chi connectivity index (χ2v) is 9.99. The third-order valence-corrected chi connectivity index (χ3v) is 7.80. The smallest absolute Gasteiger partial charge is 0.201 e. The Morgan fingerprint density at radius 2 is 1.89 bits per heavy atom. The molecule has 210 valence electrons. The highest BCUT2D eigenvalue weighted by Crippen LogP contribution is 2.54. The summed E-state index contributed by atoms with van der Waals surface area (Å²) in [5.41, 5.74) is 2.66. The third kappa shape index (κ3) is 5.69. The fraction of sp³-hybridized carbons (Fsp3) is 0.607. The predicted octanol–water partition coefficient (Wildman–Crippen LogP) is 2.23. The van der Waals surface area contributed by atoms with Crippen molar-refractivity contribution in [1.82, 2.24) is 0 Å². The van der Waals surface area contributed by atoms with E-state index in [0.717, 1.165) is 16.7 Å². The molecular formula is C28H38O10. The zero-order valence-electron chi connectivity index (χ0n) is 22.3. The minimum atomic E-state index is -0.761. The monoisotopic (exact) mass is 534 g/mol. The minimum Gasteiger partial charge on any atom is -0.502 e. The van der Waals surface area contributed by atoms with E-state index in [9.17, 15) is 20.1 Å². The summed E-state index contributed by atoms with van der Waals surface area (Å²) in [6.45, 7) is 0.0732. The number of hydrogen-bond acceptors (Lipinski definition) is 10. The van der Waals surface area contributed by atoms with Gasteiger partial charge in [0, 0.05) is 38.0 Å². The van der Waals surface area contributed by atoms with Gasteiger partial charge in [-0.3, -0.25) is 0 Å². The van der Waals surface area contributed by atoms with Gasteiger partial charge in [0.25, 0.3) is 0 Å². The van der Waals surface area contributed by atoms with Crippen molar-refractivity contribution in [2.45, 2.75) is 56.2 Å². The highest BCUT2D eigenvalue weighted by Gasteiger charge is 2.43. The normalized spacial score (nSPS) is 31.1. The Balaban J connectivity index is 1.78. The lowest BCUT2D eigenvalue weighted by atomic mass is 9.65. The number of methoxy groups -OCH3 is 4. The van der Waals surface area contributed by atoms with Crippen molar-refractivity contribution in [3.8, 4) is 17.2 Å². The number of allylic oxidation sites excluding steroid dienone is 1. The fourth-order valence-electron chi connectivity index (χ4n) is 5.94. The number of benzene rings is 1. The predicted molar refractivity (Wildman–Crippen MR) is 136 cm³/mol. The highest BCUT2D eigenvalue weighted by molar-refractivity contribution is 5.62. The first-order valence-corrected chi connectivity index (χ1v) is 12.8. The molecule has 0 spiro atoms. The van der Waals surface area contributed by atoms with Gasteiger partial charge in [0.1, 0.15) is 18.1 Å². The van der Waals surface area contributed by atoms with Crippen LogP contribution in [-0.2, 0) is 30.2 Å². The molecule has 1 heterocycles. The van der Waals surface area contributed by atoms with Crippen LogP contribution in [0.1, 0.15) is 36.3 Å². The van der Waals surface area contributed by atoms with Gasteiger partial charge < -0.3 is 48.5 Å². The molecular weight excluding hydrogens is 496 g/mol. The molecule has 2 aliphatic carbocycles. The molecule has 7 atom stereocenters. The average molecular weight is 535 g/mol. The molecule has 1 unspecified atom stereocenters. The van der Waals surface area contributed by atoms with E-state index in [1.165, 1.54) is 14.2 Å². The zero-order chi connectivity index (χ0) is 27.4. The SMILES string of the molecule is COC1=CC(OC)CC([C@H]2c3c(cc(OC)c(O)c3OC)C[C@@H](CO)[C@@H]2CO[C@H]2C[C@@H](O)C[C@@H](C=O)O2)=C1. The topological polar surface area (TPSA) is 133 Å². The lowest BCUT2D eigenvalue weighted by Crippen LogP contribution is -2.41. The molecule has 3 N–H and O–H groups in total. The number of aldehydes is 1. The van der Waals surface area contributed by atoms with Crippen LogP contribution in [-0.4, -0.2) is 87.9 Å². The second-order valence-electron chi connectivity index (χ2n) is 9.99. The number of carbonyl (C=O) groups is 1. The summed E-state index contributed by atoms with van der Waals surface area (Å²) >= 11 is 0. The number of phenols is 1.